The largest absolute Gasteiger partial charge is 0.490 e. The van der Waals surface area contributed by atoms with E-state index in [-0.39, 0.29) is 24.0 Å². The summed E-state index contributed by atoms with van der Waals surface area (Å²) in [6.45, 7) is 11.3. The number of carbonyl (C=O) groups excluding carboxylic acids is 2. The molecular formula is C25H32N6O3. The Labute approximate surface area is 200 Å². The lowest BCUT2D eigenvalue weighted by Crippen LogP contribution is -2.48. The summed E-state index contributed by atoms with van der Waals surface area (Å²) in [5, 5.41) is 3.49. The molecule has 3 aliphatic rings. The number of amides is 2. The maximum atomic E-state index is 13.1. The molecule has 3 aliphatic heterocycles. The third-order valence-electron chi connectivity index (χ3n) is 6.84. The zero-order valence-electron chi connectivity index (χ0n) is 20.3. The molecule has 1 aromatic carbocycles. The van der Waals surface area contributed by atoms with Crippen molar-refractivity contribution in [1.29, 1.82) is 0 Å². The number of benzene rings is 1. The molecule has 0 radical (unpaired) electrons. The number of ether oxygens (including phenoxy) is 1. The second-order valence-corrected chi connectivity index (χ2v) is 9.65. The number of nitrogens with zero attached hydrogens (tertiary/aromatic N) is 5. The number of rotatable bonds is 5. The topological polar surface area (TPSA) is 90.9 Å². The van der Waals surface area contributed by atoms with Gasteiger partial charge in [-0.25, -0.2) is 4.98 Å². The predicted molar refractivity (Wildman–Crippen MR) is 129 cm³/mol. The Kier molecular flexibility index (Phi) is 5.79. The van der Waals surface area contributed by atoms with Gasteiger partial charge in [0.2, 0.25) is 11.9 Å². The summed E-state index contributed by atoms with van der Waals surface area (Å²) in [4.78, 5) is 40.1. The van der Waals surface area contributed by atoms with E-state index >= 15 is 0 Å². The van der Waals surface area contributed by atoms with Crippen molar-refractivity contribution in [3.8, 4) is 5.75 Å². The summed E-state index contributed by atoms with van der Waals surface area (Å²) in [6.07, 6.45) is 1.13. The van der Waals surface area contributed by atoms with Gasteiger partial charge in [-0.15, -0.1) is 0 Å². The quantitative estimate of drug-likeness (QED) is 0.727. The zero-order valence-corrected chi connectivity index (χ0v) is 20.3. The van der Waals surface area contributed by atoms with E-state index in [1.54, 1.807) is 6.92 Å². The van der Waals surface area contributed by atoms with Crippen molar-refractivity contribution >= 4 is 23.6 Å². The van der Waals surface area contributed by atoms with Crippen molar-refractivity contribution < 1.29 is 14.3 Å². The highest BCUT2D eigenvalue weighted by Gasteiger charge is 2.35. The Hall–Kier alpha value is -3.36. The fraction of sp³-hybridized carbons (Fsp3) is 0.520. The lowest BCUT2D eigenvalue weighted by Gasteiger charge is -2.34. The second kappa shape index (κ2) is 8.77. The monoisotopic (exact) mass is 464 g/mol. The van der Waals surface area contributed by atoms with E-state index in [1.807, 2.05) is 29.7 Å². The van der Waals surface area contributed by atoms with Crippen LogP contribution in [0.5, 0.6) is 5.75 Å². The molecule has 1 atom stereocenters. The molecule has 1 unspecified atom stereocenters. The third-order valence-corrected chi connectivity index (χ3v) is 6.84. The highest BCUT2D eigenvalue weighted by atomic mass is 16.5. The van der Waals surface area contributed by atoms with Crippen LogP contribution in [0.1, 0.15) is 54.9 Å². The van der Waals surface area contributed by atoms with E-state index in [2.05, 4.69) is 29.3 Å². The first-order valence-electron chi connectivity index (χ1n) is 12.0. The normalized spacial score (nSPS) is 19.4. The van der Waals surface area contributed by atoms with E-state index in [0.29, 0.717) is 56.7 Å². The lowest BCUT2D eigenvalue weighted by atomic mass is 10.1. The summed E-state index contributed by atoms with van der Waals surface area (Å²) < 4.78 is 5.82. The summed E-state index contributed by atoms with van der Waals surface area (Å²) >= 11 is 0. The number of fused-ring (bicyclic) bond motifs is 2. The second-order valence-electron chi connectivity index (χ2n) is 9.65. The maximum Gasteiger partial charge on any atom is 0.273 e. The van der Waals surface area contributed by atoms with Gasteiger partial charge in [0.1, 0.15) is 23.4 Å². The van der Waals surface area contributed by atoms with Crippen LogP contribution in [0.2, 0.25) is 0 Å². The molecule has 1 saturated heterocycles. The van der Waals surface area contributed by atoms with Crippen molar-refractivity contribution in [2.24, 2.45) is 0 Å². The Morgan fingerprint density at radius 2 is 1.97 bits per heavy atom. The minimum Gasteiger partial charge on any atom is -0.490 e. The summed E-state index contributed by atoms with van der Waals surface area (Å²) in [7, 11) is 0. The molecule has 0 spiro atoms. The number of nitrogens with one attached hydrogen (secondary N) is 1. The number of hydrogen-bond acceptors (Lipinski definition) is 7. The van der Waals surface area contributed by atoms with Gasteiger partial charge in [0, 0.05) is 57.7 Å². The van der Waals surface area contributed by atoms with Crippen molar-refractivity contribution in [3.63, 3.8) is 0 Å². The number of carbonyl (C=O) groups is 2. The molecule has 9 nitrogen and oxygen atoms in total. The van der Waals surface area contributed by atoms with Crippen LogP contribution in [0, 0.1) is 0 Å². The van der Waals surface area contributed by atoms with Crippen LogP contribution in [0.4, 0.5) is 11.8 Å². The minimum absolute atomic E-state index is 0.0530. The zero-order chi connectivity index (χ0) is 24.0. The Morgan fingerprint density at radius 1 is 1.21 bits per heavy atom. The standard InChI is InChI=1S/C25H32N6O3/c1-15(2)31-14-20-22(24(31)33)27-25(30-9-7-29(8-10-30)17(4)32)28-23(20)26-13-18-5-6-21-19(12-18)11-16(3)34-21/h5-6,12,15-16H,7-11,13-14H2,1-4H3,(H,26,27,28). The van der Waals surface area contributed by atoms with Crippen molar-refractivity contribution in [1.82, 2.24) is 19.8 Å². The molecule has 1 aromatic heterocycles. The van der Waals surface area contributed by atoms with Crippen LogP contribution >= 0.6 is 0 Å². The van der Waals surface area contributed by atoms with Gasteiger partial charge in [-0.05, 0) is 38.0 Å². The molecule has 0 aliphatic carbocycles. The number of hydrogen-bond donors (Lipinski definition) is 1. The molecule has 180 valence electrons. The maximum absolute atomic E-state index is 13.1. The highest BCUT2D eigenvalue weighted by Crippen LogP contribution is 2.32. The highest BCUT2D eigenvalue weighted by molar-refractivity contribution is 5.98. The van der Waals surface area contributed by atoms with E-state index < -0.39 is 0 Å². The Morgan fingerprint density at radius 3 is 2.68 bits per heavy atom. The van der Waals surface area contributed by atoms with Gasteiger partial charge in [-0.3, -0.25) is 9.59 Å². The van der Waals surface area contributed by atoms with Gasteiger partial charge in [0.25, 0.3) is 5.91 Å². The third kappa shape index (κ3) is 4.15. The molecular weight excluding hydrogens is 432 g/mol. The van der Waals surface area contributed by atoms with Crippen LogP contribution < -0.4 is 15.0 Å². The molecule has 2 amide bonds. The van der Waals surface area contributed by atoms with Gasteiger partial charge < -0.3 is 24.8 Å². The predicted octanol–water partition coefficient (Wildman–Crippen LogP) is 2.44. The van der Waals surface area contributed by atoms with Gasteiger partial charge in [-0.1, -0.05) is 12.1 Å². The molecule has 4 heterocycles. The lowest BCUT2D eigenvalue weighted by molar-refractivity contribution is -0.129. The average molecular weight is 465 g/mol. The van der Waals surface area contributed by atoms with E-state index in [4.69, 9.17) is 14.7 Å². The van der Waals surface area contributed by atoms with Gasteiger partial charge in [0.15, 0.2) is 0 Å². The Bertz CT molecular complexity index is 1130. The van der Waals surface area contributed by atoms with Gasteiger partial charge in [-0.2, -0.15) is 4.98 Å². The summed E-state index contributed by atoms with van der Waals surface area (Å²) in [5.74, 6) is 2.23. The molecule has 0 saturated carbocycles. The Balaban J connectivity index is 1.41. The van der Waals surface area contributed by atoms with Crippen LogP contribution in [-0.2, 0) is 24.3 Å². The van der Waals surface area contributed by atoms with Crippen LogP contribution in [0.15, 0.2) is 18.2 Å². The first-order chi connectivity index (χ1) is 16.3. The fourth-order valence-electron chi connectivity index (χ4n) is 4.87. The smallest absolute Gasteiger partial charge is 0.273 e. The summed E-state index contributed by atoms with van der Waals surface area (Å²) in [6, 6.07) is 6.36. The molecule has 34 heavy (non-hydrogen) atoms. The molecule has 1 fully saturated rings. The van der Waals surface area contributed by atoms with Crippen LogP contribution in [-0.4, -0.2) is 69.9 Å². The van der Waals surface area contributed by atoms with Crippen LogP contribution in [0.3, 0.4) is 0 Å². The first kappa shape index (κ1) is 22.4. The molecule has 0 bridgehead atoms. The first-order valence-corrected chi connectivity index (χ1v) is 12.0. The molecule has 9 heteroatoms. The van der Waals surface area contributed by atoms with E-state index in [9.17, 15) is 9.59 Å². The van der Waals surface area contributed by atoms with Crippen molar-refractivity contribution in [2.75, 3.05) is 36.4 Å². The number of aromatic nitrogens is 2. The fourth-order valence-corrected chi connectivity index (χ4v) is 4.87. The summed E-state index contributed by atoms with van der Waals surface area (Å²) in [5.41, 5.74) is 3.70. The average Bonchev–Trinajstić information content (AvgIpc) is 3.36. The molecule has 2 aromatic rings. The van der Waals surface area contributed by atoms with Gasteiger partial charge in [0.05, 0.1) is 6.54 Å². The van der Waals surface area contributed by atoms with Crippen molar-refractivity contribution in [2.45, 2.75) is 59.4 Å². The molecule has 5 rings (SSSR count). The van der Waals surface area contributed by atoms with Crippen molar-refractivity contribution in [3.05, 3.63) is 40.6 Å². The number of anilines is 2. The van der Waals surface area contributed by atoms with E-state index in [1.165, 1.54) is 5.56 Å². The van der Waals surface area contributed by atoms with Crippen LogP contribution in [0.25, 0.3) is 0 Å². The SMILES string of the molecule is CC(=O)N1CCN(c2nc(NCc3ccc4c(c3)CC(C)O4)c3c(n2)C(=O)N(C(C)C)C3)CC1. The number of piperazine rings is 1. The minimum atomic E-state index is -0.0530. The van der Waals surface area contributed by atoms with E-state index in [0.717, 1.165) is 23.3 Å². The van der Waals surface area contributed by atoms with Gasteiger partial charge >= 0.3 is 0 Å². The molecule has 1 N–H and O–H groups in total.